The number of rotatable bonds is 0. The van der Waals surface area contributed by atoms with Gasteiger partial charge >= 0.3 is 0 Å². The topological polar surface area (TPSA) is 75.9 Å². The third kappa shape index (κ3) is 1.04. The van der Waals surface area contributed by atoms with Crippen molar-refractivity contribution in [1.29, 1.82) is 0 Å². The fourth-order valence-electron chi connectivity index (χ4n) is 1.57. The Balaban J connectivity index is 2.67. The molecule has 0 atom stereocenters. The van der Waals surface area contributed by atoms with Crippen LogP contribution in [0.1, 0.15) is 5.69 Å². The molecule has 6 nitrogen and oxygen atoms in total. The zero-order valence-corrected chi connectivity index (χ0v) is 7.93. The van der Waals surface area contributed by atoms with E-state index in [-0.39, 0.29) is 5.56 Å². The molecule has 0 radical (unpaired) electrons. The average Bonchev–Trinajstić information content (AvgIpc) is 2.57. The van der Waals surface area contributed by atoms with Gasteiger partial charge in [-0.1, -0.05) is 0 Å². The maximum Gasteiger partial charge on any atom is 0.272 e. The SMILES string of the molecule is Cc1cc(=O)n2[nH]c3ncncc3c2n1. The fraction of sp³-hybridized carbons (Fsp3) is 0.111. The van der Waals surface area contributed by atoms with Crippen LogP contribution in [0.5, 0.6) is 0 Å². The van der Waals surface area contributed by atoms with Crippen LogP contribution in [0.3, 0.4) is 0 Å². The van der Waals surface area contributed by atoms with Gasteiger partial charge in [0, 0.05) is 18.0 Å². The minimum atomic E-state index is -0.143. The highest BCUT2D eigenvalue weighted by Gasteiger charge is 2.07. The first-order valence-electron chi connectivity index (χ1n) is 4.44. The molecule has 3 heterocycles. The van der Waals surface area contributed by atoms with Crippen molar-refractivity contribution >= 4 is 16.7 Å². The zero-order chi connectivity index (χ0) is 10.4. The van der Waals surface area contributed by atoms with Crippen LogP contribution in [0.15, 0.2) is 23.4 Å². The van der Waals surface area contributed by atoms with Gasteiger partial charge in [-0.3, -0.25) is 9.89 Å². The van der Waals surface area contributed by atoms with Crippen LogP contribution in [0.25, 0.3) is 16.7 Å². The molecule has 0 aliphatic carbocycles. The molecule has 0 bridgehead atoms. The normalized spacial score (nSPS) is 11.3. The largest absolute Gasteiger partial charge is 0.272 e. The molecule has 15 heavy (non-hydrogen) atoms. The van der Waals surface area contributed by atoms with Crippen LogP contribution in [0, 0.1) is 6.92 Å². The van der Waals surface area contributed by atoms with Gasteiger partial charge in [0.05, 0.1) is 5.39 Å². The Bertz CT molecular complexity index is 711. The van der Waals surface area contributed by atoms with Crippen LogP contribution in [0.2, 0.25) is 0 Å². The molecular weight excluding hydrogens is 194 g/mol. The highest BCUT2D eigenvalue weighted by Crippen LogP contribution is 2.12. The first-order chi connectivity index (χ1) is 7.25. The summed E-state index contributed by atoms with van der Waals surface area (Å²) in [5.41, 5.74) is 1.72. The van der Waals surface area contributed by atoms with Crippen molar-refractivity contribution in [2.24, 2.45) is 0 Å². The Labute approximate surface area is 83.6 Å². The van der Waals surface area contributed by atoms with Gasteiger partial charge in [-0.15, -0.1) is 0 Å². The number of hydrogen-bond donors (Lipinski definition) is 1. The molecule has 0 saturated heterocycles. The van der Waals surface area contributed by atoms with E-state index >= 15 is 0 Å². The zero-order valence-electron chi connectivity index (χ0n) is 7.93. The maximum absolute atomic E-state index is 11.6. The molecule has 0 spiro atoms. The summed E-state index contributed by atoms with van der Waals surface area (Å²) in [5.74, 6) is 0. The summed E-state index contributed by atoms with van der Waals surface area (Å²) in [6.45, 7) is 1.78. The van der Waals surface area contributed by atoms with Crippen molar-refractivity contribution in [3.63, 3.8) is 0 Å². The quantitative estimate of drug-likeness (QED) is 0.566. The Morgan fingerprint density at radius 3 is 3.20 bits per heavy atom. The number of nitrogens with one attached hydrogen (secondary N) is 1. The van der Waals surface area contributed by atoms with Crippen LogP contribution < -0.4 is 5.56 Å². The number of aromatic nitrogens is 5. The molecule has 6 heteroatoms. The summed E-state index contributed by atoms with van der Waals surface area (Å²) in [7, 11) is 0. The summed E-state index contributed by atoms with van der Waals surface area (Å²) in [5, 5.41) is 3.61. The van der Waals surface area contributed by atoms with Gasteiger partial charge in [0.15, 0.2) is 11.3 Å². The lowest BCUT2D eigenvalue weighted by atomic mass is 10.4. The Morgan fingerprint density at radius 1 is 1.47 bits per heavy atom. The Hall–Kier alpha value is -2.24. The van der Waals surface area contributed by atoms with Crippen molar-refractivity contribution < 1.29 is 0 Å². The average molecular weight is 201 g/mol. The number of aryl methyl sites for hydroxylation is 1. The van der Waals surface area contributed by atoms with E-state index in [1.807, 2.05) is 0 Å². The summed E-state index contributed by atoms with van der Waals surface area (Å²) in [6.07, 6.45) is 3.07. The molecule has 0 fully saturated rings. The third-order valence-corrected chi connectivity index (χ3v) is 2.22. The summed E-state index contributed by atoms with van der Waals surface area (Å²) in [6, 6.07) is 1.47. The molecule has 0 unspecified atom stereocenters. The second-order valence-corrected chi connectivity index (χ2v) is 3.29. The number of hydrogen-bond acceptors (Lipinski definition) is 4. The number of fused-ring (bicyclic) bond motifs is 3. The molecule has 0 amide bonds. The van der Waals surface area contributed by atoms with Crippen LogP contribution >= 0.6 is 0 Å². The second-order valence-electron chi connectivity index (χ2n) is 3.29. The van der Waals surface area contributed by atoms with Crippen LogP contribution in [-0.2, 0) is 0 Å². The van der Waals surface area contributed by atoms with Crippen molar-refractivity contribution in [2.45, 2.75) is 6.92 Å². The predicted molar refractivity (Wildman–Crippen MR) is 53.6 cm³/mol. The lowest BCUT2D eigenvalue weighted by Gasteiger charge is -1.92. The monoisotopic (exact) mass is 201 g/mol. The van der Waals surface area contributed by atoms with Gasteiger partial charge in [0.1, 0.15) is 6.33 Å². The van der Waals surface area contributed by atoms with E-state index in [2.05, 4.69) is 20.1 Å². The number of aromatic amines is 1. The standard InChI is InChI=1S/C9H7N5O/c1-5-2-7(15)14-9(12-5)6-3-10-4-11-8(6)13-14/h2-4H,1H3,(H,10,11,13). The molecule has 0 aromatic carbocycles. The molecule has 0 aliphatic rings. The van der Waals surface area contributed by atoms with Crippen molar-refractivity contribution in [2.75, 3.05) is 0 Å². The van der Waals surface area contributed by atoms with Crippen molar-refractivity contribution in [3.8, 4) is 0 Å². The van der Waals surface area contributed by atoms with Crippen LogP contribution in [-0.4, -0.2) is 24.6 Å². The van der Waals surface area contributed by atoms with E-state index in [9.17, 15) is 4.79 Å². The molecule has 0 aliphatic heterocycles. The first kappa shape index (κ1) is 8.10. The molecule has 3 rings (SSSR count). The van der Waals surface area contributed by atoms with Crippen molar-refractivity contribution in [1.82, 2.24) is 24.6 Å². The first-order valence-corrected chi connectivity index (χ1v) is 4.44. The van der Waals surface area contributed by atoms with Gasteiger partial charge in [-0.2, -0.15) is 4.52 Å². The third-order valence-electron chi connectivity index (χ3n) is 2.22. The van der Waals surface area contributed by atoms with E-state index < -0.39 is 0 Å². The lowest BCUT2D eigenvalue weighted by molar-refractivity contribution is 0.897. The fourth-order valence-corrected chi connectivity index (χ4v) is 1.57. The minimum Gasteiger partial charge on any atom is -0.272 e. The molecule has 3 aromatic heterocycles. The van der Waals surface area contributed by atoms with E-state index in [4.69, 9.17) is 0 Å². The number of nitrogens with zero attached hydrogens (tertiary/aromatic N) is 4. The highest BCUT2D eigenvalue weighted by atomic mass is 16.1. The van der Waals surface area contributed by atoms with E-state index in [1.54, 1.807) is 13.1 Å². The molecule has 0 saturated carbocycles. The van der Waals surface area contributed by atoms with Gasteiger partial charge in [-0.25, -0.2) is 15.0 Å². The van der Waals surface area contributed by atoms with Crippen molar-refractivity contribution in [3.05, 3.63) is 34.6 Å². The maximum atomic E-state index is 11.6. The Kier molecular flexibility index (Phi) is 1.42. The van der Waals surface area contributed by atoms with E-state index in [1.165, 1.54) is 16.9 Å². The predicted octanol–water partition coefficient (Wildman–Crippen LogP) is 0.274. The van der Waals surface area contributed by atoms with E-state index in [0.717, 1.165) is 5.39 Å². The smallest absolute Gasteiger partial charge is 0.272 e. The highest BCUT2D eigenvalue weighted by molar-refractivity contribution is 5.88. The molecular formula is C9H7N5O. The molecule has 1 N–H and O–H groups in total. The molecule has 3 aromatic rings. The summed E-state index contributed by atoms with van der Waals surface area (Å²) in [4.78, 5) is 23.8. The van der Waals surface area contributed by atoms with Gasteiger partial charge in [-0.05, 0) is 6.92 Å². The van der Waals surface area contributed by atoms with Crippen LogP contribution in [0.4, 0.5) is 0 Å². The van der Waals surface area contributed by atoms with E-state index in [0.29, 0.717) is 17.0 Å². The minimum absolute atomic E-state index is 0.143. The lowest BCUT2D eigenvalue weighted by Crippen LogP contribution is -2.14. The van der Waals surface area contributed by atoms with Gasteiger partial charge < -0.3 is 0 Å². The number of H-pyrrole nitrogens is 1. The summed E-state index contributed by atoms with van der Waals surface area (Å²) < 4.78 is 1.37. The summed E-state index contributed by atoms with van der Waals surface area (Å²) >= 11 is 0. The molecule has 74 valence electrons. The Morgan fingerprint density at radius 2 is 2.33 bits per heavy atom. The van der Waals surface area contributed by atoms with Gasteiger partial charge in [0.2, 0.25) is 0 Å². The second kappa shape index (κ2) is 2.63. The van der Waals surface area contributed by atoms with Gasteiger partial charge in [0.25, 0.3) is 5.56 Å².